The number of carbonyl (C=O) groups is 1. The van der Waals surface area contributed by atoms with Crippen molar-refractivity contribution >= 4 is 24.0 Å². The Bertz CT molecular complexity index is 631. The normalized spacial score (nSPS) is 24.5. The first-order chi connectivity index (χ1) is 12.4. The Morgan fingerprint density at radius 3 is 2.65 bits per heavy atom. The van der Waals surface area contributed by atoms with Gasteiger partial charge in [-0.25, -0.2) is 4.98 Å². The van der Waals surface area contributed by atoms with Crippen LogP contribution in [0, 0.1) is 5.41 Å². The third-order valence-electron chi connectivity index (χ3n) is 4.97. The molecule has 144 valence electrons. The summed E-state index contributed by atoms with van der Waals surface area (Å²) in [6.45, 7) is 9.92. The highest BCUT2D eigenvalue weighted by molar-refractivity contribution is 6.29. The predicted octanol–water partition coefficient (Wildman–Crippen LogP) is 2.38. The van der Waals surface area contributed by atoms with Gasteiger partial charge in [0.15, 0.2) is 0 Å². The van der Waals surface area contributed by atoms with Crippen LogP contribution in [0.25, 0.3) is 0 Å². The van der Waals surface area contributed by atoms with Gasteiger partial charge in [0.25, 0.3) is 0 Å². The Morgan fingerprint density at radius 2 is 2.00 bits per heavy atom. The van der Waals surface area contributed by atoms with Gasteiger partial charge in [-0.1, -0.05) is 32.4 Å². The van der Waals surface area contributed by atoms with Crippen molar-refractivity contribution in [3.05, 3.63) is 11.2 Å². The molecule has 0 aromatic carbocycles. The van der Waals surface area contributed by atoms with Crippen LogP contribution < -0.4 is 9.64 Å². The molecule has 0 spiro atoms. The Kier molecular flexibility index (Phi) is 5.87. The van der Waals surface area contributed by atoms with E-state index in [1.165, 1.54) is 0 Å². The van der Waals surface area contributed by atoms with Crippen LogP contribution in [-0.2, 0) is 9.53 Å². The summed E-state index contributed by atoms with van der Waals surface area (Å²) in [5, 5.41) is 0.370. The molecule has 2 fully saturated rings. The fraction of sp³-hybridized carbons (Fsp3) is 0.722. The fourth-order valence-corrected chi connectivity index (χ4v) is 3.73. The number of likely N-dealkylation sites (tertiary alicyclic amines) is 1. The summed E-state index contributed by atoms with van der Waals surface area (Å²) >= 11 is 6.19. The molecule has 3 rings (SSSR count). The molecule has 2 unspecified atom stereocenters. The first-order valence-corrected chi connectivity index (χ1v) is 9.49. The van der Waals surface area contributed by atoms with Crippen molar-refractivity contribution in [2.75, 3.05) is 37.7 Å². The quantitative estimate of drug-likeness (QED) is 0.588. The first kappa shape index (κ1) is 19.2. The molecule has 8 heteroatoms. The molecule has 2 atom stereocenters. The fourth-order valence-electron chi connectivity index (χ4n) is 3.56. The molecule has 0 bridgehead atoms. The smallest absolute Gasteiger partial charge is 0.230 e. The first-order valence-electron chi connectivity index (χ1n) is 9.12. The summed E-state index contributed by atoms with van der Waals surface area (Å²) < 4.78 is 11.5. The Hall–Kier alpha value is -1.60. The second kappa shape index (κ2) is 7.96. The van der Waals surface area contributed by atoms with Crippen LogP contribution in [0.15, 0.2) is 6.07 Å². The number of piperidine rings is 1. The van der Waals surface area contributed by atoms with Crippen LogP contribution >= 0.6 is 11.6 Å². The van der Waals surface area contributed by atoms with E-state index in [0.717, 1.165) is 32.3 Å². The van der Waals surface area contributed by atoms with E-state index in [1.807, 2.05) is 4.90 Å². The molecule has 2 aliphatic heterocycles. The molecule has 0 N–H and O–H groups in total. The number of halogens is 1. The molecular formula is C18H27ClN4O3. The molecule has 0 radical (unpaired) electrons. The van der Waals surface area contributed by atoms with E-state index < -0.39 is 0 Å². The lowest BCUT2D eigenvalue weighted by molar-refractivity contribution is -0.126. The number of anilines is 1. The topological polar surface area (TPSA) is 67.8 Å². The van der Waals surface area contributed by atoms with Gasteiger partial charge in [-0.15, -0.1) is 0 Å². The van der Waals surface area contributed by atoms with E-state index in [2.05, 4.69) is 35.6 Å². The maximum atomic E-state index is 11.4. The molecule has 26 heavy (non-hydrogen) atoms. The molecule has 0 saturated carbocycles. The molecular weight excluding hydrogens is 356 g/mol. The SMILES string of the molecule is CC(C)(C)C1CC(Oc2cc(Cl)nc(N3CCOCC3)n2)CCN1C=O. The highest BCUT2D eigenvalue weighted by Crippen LogP contribution is 2.33. The third kappa shape index (κ3) is 4.57. The van der Waals surface area contributed by atoms with Gasteiger partial charge < -0.3 is 19.3 Å². The largest absolute Gasteiger partial charge is 0.474 e. The van der Waals surface area contributed by atoms with Gasteiger partial charge >= 0.3 is 0 Å². The van der Waals surface area contributed by atoms with E-state index in [1.54, 1.807) is 6.07 Å². The number of hydrogen-bond acceptors (Lipinski definition) is 6. The highest BCUT2D eigenvalue weighted by atomic mass is 35.5. The molecule has 1 aromatic rings. The average Bonchev–Trinajstić information content (AvgIpc) is 2.61. The minimum Gasteiger partial charge on any atom is -0.474 e. The zero-order chi connectivity index (χ0) is 18.7. The number of carbonyl (C=O) groups excluding carboxylic acids is 1. The van der Waals surface area contributed by atoms with Crippen LogP contribution in [0.1, 0.15) is 33.6 Å². The van der Waals surface area contributed by atoms with Gasteiger partial charge in [0, 0.05) is 44.6 Å². The van der Waals surface area contributed by atoms with Crippen molar-refractivity contribution in [2.45, 2.75) is 45.8 Å². The molecule has 2 aliphatic rings. The molecule has 2 saturated heterocycles. The van der Waals surface area contributed by atoms with Gasteiger partial charge in [-0.3, -0.25) is 4.79 Å². The summed E-state index contributed by atoms with van der Waals surface area (Å²) in [6, 6.07) is 1.79. The third-order valence-corrected chi connectivity index (χ3v) is 5.17. The monoisotopic (exact) mass is 382 g/mol. The zero-order valence-corrected chi connectivity index (χ0v) is 16.4. The van der Waals surface area contributed by atoms with Crippen LogP contribution in [0.3, 0.4) is 0 Å². The van der Waals surface area contributed by atoms with Crippen LogP contribution in [0.4, 0.5) is 5.95 Å². The molecule has 1 amide bonds. The highest BCUT2D eigenvalue weighted by Gasteiger charge is 2.36. The summed E-state index contributed by atoms with van der Waals surface area (Å²) in [6.07, 6.45) is 2.50. The lowest BCUT2D eigenvalue weighted by Gasteiger charge is -2.44. The second-order valence-corrected chi connectivity index (χ2v) is 8.30. The summed E-state index contributed by atoms with van der Waals surface area (Å²) in [5.41, 5.74) is -0.00871. The molecule has 1 aromatic heterocycles. The van der Waals surface area contributed by atoms with Gasteiger partial charge in [-0.05, 0) is 5.41 Å². The Labute approximate surface area is 159 Å². The van der Waals surface area contributed by atoms with E-state index in [4.69, 9.17) is 21.1 Å². The Morgan fingerprint density at radius 1 is 1.27 bits per heavy atom. The number of morpholine rings is 1. The lowest BCUT2D eigenvalue weighted by Crippen LogP contribution is -2.51. The minimum atomic E-state index is -0.00871. The van der Waals surface area contributed by atoms with Gasteiger partial charge in [0.1, 0.15) is 11.3 Å². The van der Waals surface area contributed by atoms with Crippen LogP contribution in [0.5, 0.6) is 5.88 Å². The molecule has 3 heterocycles. The van der Waals surface area contributed by atoms with Crippen LogP contribution in [-0.4, -0.2) is 66.3 Å². The van der Waals surface area contributed by atoms with Crippen molar-refractivity contribution < 1.29 is 14.3 Å². The molecule has 0 aliphatic carbocycles. The van der Waals surface area contributed by atoms with Crippen molar-refractivity contribution in [3.63, 3.8) is 0 Å². The zero-order valence-electron chi connectivity index (χ0n) is 15.7. The average molecular weight is 383 g/mol. The maximum Gasteiger partial charge on any atom is 0.230 e. The number of nitrogens with zero attached hydrogens (tertiary/aromatic N) is 4. The van der Waals surface area contributed by atoms with Gasteiger partial charge in [0.2, 0.25) is 18.2 Å². The summed E-state index contributed by atoms with van der Waals surface area (Å²) in [7, 11) is 0. The summed E-state index contributed by atoms with van der Waals surface area (Å²) in [4.78, 5) is 24.2. The van der Waals surface area contributed by atoms with Gasteiger partial charge in [-0.2, -0.15) is 4.98 Å². The van der Waals surface area contributed by atoms with Crippen LogP contribution in [0.2, 0.25) is 5.15 Å². The number of ether oxygens (including phenoxy) is 2. The second-order valence-electron chi connectivity index (χ2n) is 7.92. The predicted molar refractivity (Wildman–Crippen MR) is 99.7 cm³/mol. The van der Waals surface area contributed by atoms with E-state index in [-0.39, 0.29) is 17.6 Å². The van der Waals surface area contributed by atoms with E-state index in [0.29, 0.717) is 36.7 Å². The lowest BCUT2D eigenvalue weighted by atomic mass is 9.80. The van der Waals surface area contributed by atoms with E-state index >= 15 is 0 Å². The van der Waals surface area contributed by atoms with Crippen molar-refractivity contribution in [3.8, 4) is 5.88 Å². The number of aromatic nitrogens is 2. The molecule has 7 nitrogen and oxygen atoms in total. The maximum absolute atomic E-state index is 11.4. The van der Waals surface area contributed by atoms with Crippen molar-refractivity contribution in [1.82, 2.24) is 14.9 Å². The van der Waals surface area contributed by atoms with Crippen molar-refractivity contribution in [1.29, 1.82) is 0 Å². The Balaban J connectivity index is 1.72. The number of rotatable bonds is 4. The van der Waals surface area contributed by atoms with E-state index in [9.17, 15) is 4.79 Å². The standard InChI is InChI=1S/C18H27ClN4O3/c1-18(2,3)14-10-13(4-5-23(14)12-24)26-16-11-15(19)20-17(21-16)22-6-8-25-9-7-22/h11-14H,4-10H2,1-3H3. The summed E-state index contributed by atoms with van der Waals surface area (Å²) in [5.74, 6) is 1.07. The number of hydrogen-bond donors (Lipinski definition) is 0. The number of amides is 1. The van der Waals surface area contributed by atoms with Gasteiger partial charge in [0.05, 0.1) is 13.2 Å². The minimum absolute atomic E-state index is 0.000990. The van der Waals surface area contributed by atoms with Crippen molar-refractivity contribution in [2.24, 2.45) is 5.41 Å².